The second kappa shape index (κ2) is 4.77. The van der Waals surface area contributed by atoms with Gasteiger partial charge in [0.1, 0.15) is 0 Å². The monoisotopic (exact) mass is 258 g/mol. The molecule has 0 heterocycles. The summed E-state index contributed by atoms with van der Waals surface area (Å²) in [4.78, 5) is 12.1. The Morgan fingerprint density at radius 2 is 1.94 bits per heavy atom. The van der Waals surface area contributed by atoms with Gasteiger partial charge in [0.25, 0.3) is 0 Å². The predicted octanol–water partition coefficient (Wildman–Crippen LogP) is 1.55. The molecule has 0 aromatic rings. The van der Waals surface area contributed by atoms with E-state index in [9.17, 15) is 4.79 Å². The maximum Gasteiger partial charge on any atom is 0.224 e. The van der Waals surface area contributed by atoms with E-state index in [2.05, 4.69) is 12.2 Å². The second-order valence-corrected chi connectivity index (χ2v) is 6.15. The van der Waals surface area contributed by atoms with E-state index in [1.165, 1.54) is 25.7 Å². The van der Waals surface area contributed by atoms with Gasteiger partial charge in [-0.05, 0) is 49.4 Å². The van der Waals surface area contributed by atoms with Crippen molar-refractivity contribution in [1.29, 1.82) is 0 Å². The average Bonchev–Trinajstić information content (AvgIpc) is 2.69. The molecule has 3 N–H and O–H groups in total. The fourth-order valence-electron chi connectivity index (χ4n) is 3.76. The minimum Gasteiger partial charge on any atom is -0.356 e. The van der Waals surface area contributed by atoms with Crippen LogP contribution in [-0.4, -0.2) is 18.5 Å². The van der Waals surface area contributed by atoms with Crippen LogP contribution in [0.5, 0.6) is 0 Å². The first-order valence-corrected chi connectivity index (χ1v) is 6.70. The molecule has 0 spiro atoms. The normalized spacial score (nSPS) is 46.5. The smallest absolute Gasteiger partial charge is 0.224 e. The van der Waals surface area contributed by atoms with E-state index in [-0.39, 0.29) is 30.3 Å². The SMILES string of the molecule is CC1CC1CNC(=O)C1C2CCC(C2)C1N.Cl. The number of amides is 1. The van der Waals surface area contributed by atoms with Crippen LogP contribution in [0.25, 0.3) is 0 Å². The number of halogens is 1. The number of fused-ring (bicyclic) bond motifs is 2. The van der Waals surface area contributed by atoms with Gasteiger partial charge in [0.2, 0.25) is 5.91 Å². The minimum absolute atomic E-state index is 0. The van der Waals surface area contributed by atoms with Crippen LogP contribution in [-0.2, 0) is 4.79 Å². The Balaban J connectivity index is 0.00000108. The third kappa shape index (κ3) is 2.32. The lowest BCUT2D eigenvalue weighted by Crippen LogP contribution is -2.45. The Bertz CT molecular complexity index is 308. The van der Waals surface area contributed by atoms with E-state index in [4.69, 9.17) is 5.73 Å². The quantitative estimate of drug-likeness (QED) is 0.807. The standard InChI is InChI=1S/C13H22N2O.ClH/c1-7-4-10(7)6-15-13(16)11-8-2-3-9(5-8)12(11)14;/h7-12H,2-6,14H2,1H3,(H,15,16);1H. The van der Waals surface area contributed by atoms with Gasteiger partial charge in [-0.25, -0.2) is 0 Å². The molecular weight excluding hydrogens is 236 g/mol. The maximum absolute atomic E-state index is 12.1. The van der Waals surface area contributed by atoms with Gasteiger partial charge >= 0.3 is 0 Å². The highest BCUT2D eigenvalue weighted by atomic mass is 35.5. The van der Waals surface area contributed by atoms with Crippen molar-refractivity contribution in [3.63, 3.8) is 0 Å². The van der Waals surface area contributed by atoms with Crippen LogP contribution in [0.15, 0.2) is 0 Å². The first kappa shape index (κ1) is 13.2. The van der Waals surface area contributed by atoms with Gasteiger partial charge in [-0.3, -0.25) is 4.79 Å². The van der Waals surface area contributed by atoms with Crippen molar-refractivity contribution in [2.75, 3.05) is 6.54 Å². The van der Waals surface area contributed by atoms with Crippen molar-refractivity contribution < 1.29 is 4.79 Å². The molecule has 0 aromatic heterocycles. The second-order valence-electron chi connectivity index (χ2n) is 6.15. The number of carbonyl (C=O) groups is 1. The Kier molecular flexibility index (Phi) is 3.69. The van der Waals surface area contributed by atoms with E-state index in [1.807, 2.05) is 0 Å². The third-order valence-corrected chi connectivity index (χ3v) is 5.10. The van der Waals surface area contributed by atoms with Gasteiger partial charge in [-0.2, -0.15) is 0 Å². The van der Waals surface area contributed by atoms with Gasteiger partial charge < -0.3 is 11.1 Å². The number of hydrogen-bond donors (Lipinski definition) is 2. The number of nitrogens with two attached hydrogens (primary N) is 1. The van der Waals surface area contributed by atoms with Crippen LogP contribution < -0.4 is 11.1 Å². The van der Waals surface area contributed by atoms with Crippen LogP contribution in [0.2, 0.25) is 0 Å². The van der Waals surface area contributed by atoms with Gasteiger partial charge in [-0.1, -0.05) is 6.92 Å². The molecule has 3 nitrogen and oxygen atoms in total. The number of hydrogen-bond acceptors (Lipinski definition) is 2. The molecule has 3 fully saturated rings. The summed E-state index contributed by atoms with van der Waals surface area (Å²) in [5, 5.41) is 3.11. The molecular formula is C13H23ClN2O. The van der Waals surface area contributed by atoms with E-state index in [1.54, 1.807) is 0 Å². The maximum atomic E-state index is 12.1. The molecule has 3 aliphatic rings. The zero-order valence-corrected chi connectivity index (χ0v) is 11.2. The summed E-state index contributed by atoms with van der Waals surface area (Å²) >= 11 is 0. The van der Waals surface area contributed by atoms with Crippen molar-refractivity contribution in [3.05, 3.63) is 0 Å². The fourth-order valence-corrected chi connectivity index (χ4v) is 3.76. The molecule has 3 aliphatic carbocycles. The topological polar surface area (TPSA) is 55.1 Å². The minimum atomic E-state index is 0. The number of rotatable bonds is 3. The molecule has 0 radical (unpaired) electrons. The van der Waals surface area contributed by atoms with Gasteiger partial charge in [0.05, 0.1) is 5.92 Å². The molecule has 4 heteroatoms. The zero-order chi connectivity index (χ0) is 11.3. The molecule has 1 amide bonds. The van der Waals surface area contributed by atoms with Crippen molar-refractivity contribution in [2.24, 2.45) is 35.3 Å². The van der Waals surface area contributed by atoms with E-state index in [0.29, 0.717) is 11.8 Å². The molecule has 0 saturated heterocycles. The van der Waals surface area contributed by atoms with E-state index < -0.39 is 0 Å². The van der Waals surface area contributed by atoms with Crippen LogP contribution in [0.3, 0.4) is 0 Å². The summed E-state index contributed by atoms with van der Waals surface area (Å²) in [7, 11) is 0. The summed E-state index contributed by atoms with van der Waals surface area (Å²) in [6.45, 7) is 3.13. The Morgan fingerprint density at radius 1 is 1.29 bits per heavy atom. The van der Waals surface area contributed by atoms with Crippen LogP contribution in [0.1, 0.15) is 32.6 Å². The Morgan fingerprint density at radius 3 is 2.47 bits per heavy atom. The molecule has 6 unspecified atom stereocenters. The summed E-state index contributed by atoms with van der Waals surface area (Å²) in [6.07, 6.45) is 4.94. The van der Waals surface area contributed by atoms with Gasteiger partial charge in [0, 0.05) is 12.6 Å². The third-order valence-electron chi connectivity index (χ3n) is 5.10. The van der Waals surface area contributed by atoms with E-state index >= 15 is 0 Å². The highest BCUT2D eigenvalue weighted by molar-refractivity contribution is 5.85. The molecule has 2 bridgehead atoms. The Labute approximate surface area is 109 Å². The molecule has 17 heavy (non-hydrogen) atoms. The van der Waals surface area contributed by atoms with Crippen molar-refractivity contribution in [1.82, 2.24) is 5.32 Å². The van der Waals surface area contributed by atoms with Crippen LogP contribution in [0.4, 0.5) is 0 Å². The number of nitrogens with one attached hydrogen (secondary N) is 1. The lowest BCUT2D eigenvalue weighted by molar-refractivity contribution is -0.127. The van der Waals surface area contributed by atoms with Gasteiger partial charge in [0.15, 0.2) is 0 Å². The molecule has 98 valence electrons. The first-order chi connectivity index (χ1) is 7.66. The van der Waals surface area contributed by atoms with E-state index in [0.717, 1.165) is 18.4 Å². The number of carbonyl (C=O) groups excluding carboxylic acids is 1. The first-order valence-electron chi connectivity index (χ1n) is 6.70. The van der Waals surface area contributed by atoms with Crippen LogP contribution in [0, 0.1) is 29.6 Å². The zero-order valence-electron chi connectivity index (χ0n) is 10.4. The molecule has 0 aliphatic heterocycles. The average molecular weight is 259 g/mol. The predicted molar refractivity (Wildman–Crippen MR) is 69.8 cm³/mol. The highest BCUT2D eigenvalue weighted by Crippen LogP contribution is 2.47. The fraction of sp³-hybridized carbons (Fsp3) is 0.923. The van der Waals surface area contributed by atoms with Crippen molar-refractivity contribution in [3.8, 4) is 0 Å². The highest BCUT2D eigenvalue weighted by Gasteiger charge is 2.49. The Hall–Kier alpha value is -0.280. The summed E-state index contributed by atoms with van der Waals surface area (Å²) in [5.74, 6) is 3.11. The molecule has 3 rings (SSSR count). The van der Waals surface area contributed by atoms with Crippen molar-refractivity contribution >= 4 is 18.3 Å². The molecule has 0 aromatic carbocycles. The summed E-state index contributed by atoms with van der Waals surface area (Å²) < 4.78 is 0. The largest absolute Gasteiger partial charge is 0.356 e. The molecule has 3 saturated carbocycles. The van der Waals surface area contributed by atoms with Crippen molar-refractivity contribution in [2.45, 2.75) is 38.6 Å². The van der Waals surface area contributed by atoms with Crippen LogP contribution >= 0.6 is 12.4 Å². The summed E-state index contributed by atoms with van der Waals surface area (Å²) in [6, 6.07) is 0.135. The molecule has 6 atom stereocenters. The van der Waals surface area contributed by atoms with Gasteiger partial charge in [-0.15, -0.1) is 12.4 Å². The lowest BCUT2D eigenvalue weighted by Gasteiger charge is -2.27. The summed E-state index contributed by atoms with van der Waals surface area (Å²) in [5.41, 5.74) is 6.15. The lowest BCUT2D eigenvalue weighted by atomic mass is 9.84.